The molecule has 50 valence electrons. The predicted octanol–water partition coefficient (Wildman–Crippen LogP) is -1.26. The molecular weight excluding hydrogens is 122 g/mol. The van der Waals surface area contributed by atoms with E-state index in [1.54, 1.807) is 0 Å². The molecule has 0 aromatic heterocycles. The van der Waals surface area contributed by atoms with E-state index in [2.05, 4.69) is 0 Å². The lowest BCUT2D eigenvalue weighted by molar-refractivity contribution is -0.139. The summed E-state index contributed by atoms with van der Waals surface area (Å²) in [5, 5.41) is 9.01. The Morgan fingerprint density at radius 1 is 2.00 bits per heavy atom. The Balaban J connectivity index is 3.24. The van der Waals surface area contributed by atoms with E-state index < -0.39 is 24.3 Å². The van der Waals surface area contributed by atoms with Crippen molar-refractivity contribution in [3.05, 3.63) is 0 Å². The molecule has 4 heteroatoms. The fourth-order valence-corrected chi connectivity index (χ4v) is 0.490. The Hall–Kier alpha value is -0.900. The molecule has 1 rings (SSSR count). The van der Waals surface area contributed by atoms with E-state index in [-0.39, 0.29) is 0 Å². The topological polar surface area (TPSA) is 57.6 Å². The van der Waals surface area contributed by atoms with Crippen molar-refractivity contribution in [1.82, 2.24) is 4.90 Å². The average Bonchev–Trinajstić information content (AvgIpc) is 2.05. The van der Waals surface area contributed by atoms with E-state index in [0.29, 0.717) is 4.90 Å². The first-order chi connectivity index (χ1) is 5.23. The van der Waals surface area contributed by atoms with E-state index in [9.17, 15) is 9.59 Å². The molecule has 0 spiro atoms. The minimum Gasteiger partial charge on any atom is -0.383 e. The molecule has 9 heavy (non-hydrogen) atoms. The van der Waals surface area contributed by atoms with Crippen molar-refractivity contribution in [1.29, 1.82) is 0 Å². The summed E-state index contributed by atoms with van der Waals surface area (Å²) >= 11 is 0. The summed E-state index contributed by atoms with van der Waals surface area (Å²) in [6.07, 6.45) is -5.84. The molecule has 2 amide bonds. The quantitative estimate of drug-likeness (QED) is 0.418. The zero-order chi connectivity index (χ0) is 9.73. The minimum absolute atomic E-state index is 0.410. The molecule has 1 heterocycles. The number of imide groups is 1. The Morgan fingerprint density at radius 3 is 2.67 bits per heavy atom. The van der Waals surface area contributed by atoms with Crippen LogP contribution >= 0.6 is 0 Å². The lowest BCUT2D eigenvalue weighted by Gasteiger charge is -2.02. The van der Waals surface area contributed by atoms with Crippen molar-refractivity contribution < 1.29 is 18.8 Å². The van der Waals surface area contributed by atoms with Crippen LogP contribution in [0.5, 0.6) is 0 Å². The molecule has 1 fully saturated rings. The fourth-order valence-electron chi connectivity index (χ4n) is 0.490. The highest BCUT2D eigenvalue weighted by Crippen LogP contribution is 2.08. The largest absolute Gasteiger partial charge is 0.383 e. The number of aliphatic hydroxyl groups is 1. The van der Waals surface area contributed by atoms with Crippen LogP contribution in [0.2, 0.25) is 0 Å². The summed E-state index contributed by atoms with van der Waals surface area (Å²) < 4.78 is 20.9. The van der Waals surface area contributed by atoms with Gasteiger partial charge in [0.05, 0.1) is 7.74 Å². The maximum atomic E-state index is 10.9. The molecular formula is C5H7NO3. The molecule has 1 N–H and O–H groups in total. The molecule has 0 aliphatic carbocycles. The summed E-state index contributed by atoms with van der Waals surface area (Å²) in [5.41, 5.74) is 0. The zero-order valence-electron chi connectivity index (χ0n) is 7.71. The third-order valence-corrected chi connectivity index (χ3v) is 1.04. The minimum atomic E-state index is -2.99. The smallest absolute Gasteiger partial charge is 0.258 e. The average molecular weight is 132 g/mol. The number of likely N-dealkylation sites (N-methyl/N-ethyl adjacent to an activating group) is 1. The van der Waals surface area contributed by atoms with Crippen LogP contribution in [-0.4, -0.2) is 34.9 Å². The fraction of sp³-hybridized carbons (Fsp3) is 0.600. The third kappa shape index (κ3) is 0.810. The molecule has 1 saturated heterocycles. The molecule has 0 aromatic carbocycles. The lowest BCUT2D eigenvalue weighted by atomic mass is 10.3. The van der Waals surface area contributed by atoms with Crippen LogP contribution in [0.4, 0.5) is 0 Å². The van der Waals surface area contributed by atoms with Gasteiger partial charge in [-0.1, -0.05) is 0 Å². The van der Waals surface area contributed by atoms with Crippen LogP contribution in [0.25, 0.3) is 0 Å². The van der Waals surface area contributed by atoms with Crippen molar-refractivity contribution in [3.63, 3.8) is 0 Å². The predicted molar refractivity (Wildman–Crippen MR) is 28.4 cm³/mol. The number of amides is 2. The number of carbonyl (C=O) groups excluding carboxylic acids is 2. The van der Waals surface area contributed by atoms with Gasteiger partial charge in [0.15, 0.2) is 0 Å². The molecule has 1 atom stereocenters. The number of nitrogens with zero attached hydrogens (tertiary/aromatic N) is 1. The van der Waals surface area contributed by atoms with Gasteiger partial charge in [-0.3, -0.25) is 14.5 Å². The Kier molecular flexibility index (Phi) is 0.664. The maximum absolute atomic E-state index is 10.9. The molecule has 4 nitrogen and oxygen atoms in total. The molecule has 0 saturated carbocycles. The second kappa shape index (κ2) is 1.80. The second-order valence-electron chi connectivity index (χ2n) is 1.64. The standard InChI is InChI=1S/C5H7NO3/c1-6-4(8)2-3(7)5(6)9/h3,7H,2H2,1H3/t3-/m0/s1/i2D2,3D. The van der Waals surface area contributed by atoms with Gasteiger partial charge in [-0.25, -0.2) is 0 Å². The Labute approximate surface area is 56.3 Å². The first kappa shape index (κ1) is 3.31. The van der Waals surface area contributed by atoms with E-state index in [0.717, 1.165) is 7.05 Å². The highest BCUT2D eigenvalue weighted by molar-refractivity contribution is 6.04. The van der Waals surface area contributed by atoms with Crippen molar-refractivity contribution in [3.8, 4) is 0 Å². The number of hydrogen-bond donors (Lipinski definition) is 1. The van der Waals surface area contributed by atoms with Gasteiger partial charge in [0.2, 0.25) is 5.91 Å². The van der Waals surface area contributed by atoms with E-state index in [4.69, 9.17) is 9.22 Å². The van der Waals surface area contributed by atoms with E-state index in [1.165, 1.54) is 0 Å². The van der Waals surface area contributed by atoms with Crippen molar-refractivity contribution in [2.24, 2.45) is 0 Å². The van der Waals surface area contributed by atoms with Gasteiger partial charge in [-0.15, -0.1) is 0 Å². The highest BCUT2D eigenvalue weighted by atomic mass is 16.3. The molecule has 0 radical (unpaired) electrons. The molecule has 0 unspecified atom stereocenters. The maximum Gasteiger partial charge on any atom is 0.258 e. The molecule has 0 bridgehead atoms. The third-order valence-electron chi connectivity index (χ3n) is 1.04. The van der Waals surface area contributed by atoms with Gasteiger partial charge in [-0.2, -0.15) is 0 Å². The zero-order valence-corrected chi connectivity index (χ0v) is 4.71. The first-order valence-electron chi connectivity index (χ1n) is 3.78. The van der Waals surface area contributed by atoms with Crippen LogP contribution in [0, 0.1) is 0 Å². The van der Waals surface area contributed by atoms with Gasteiger partial charge >= 0.3 is 0 Å². The van der Waals surface area contributed by atoms with Crippen LogP contribution in [-0.2, 0) is 9.59 Å². The summed E-state index contributed by atoms with van der Waals surface area (Å²) in [6, 6.07) is 0. The Bertz CT molecular complexity index is 237. The van der Waals surface area contributed by atoms with Crippen molar-refractivity contribution >= 4 is 11.8 Å². The van der Waals surface area contributed by atoms with Crippen LogP contribution in [0.1, 0.15) is 10.5 Å². The summed E-state index contributed by atoms with van der Waals surface area (Å²) in [6.45, 7) is 0. The summed E-state index contributed by atoms with van der Waals surface area (Å²) in [4.78, 5) is 22.2. The van der Waals surface area contributed by atoms with Crippen LogP contribution in [0.3, 0.4) is 0 Å². The van der Waals surface area contributed by atoms with Crippen LogP contribution < -0.4 is 0 Å². The van der Waals surface area contributed by atoms with E-state index in [1.807, 2.05) is 0 Å². The van der Waals surface area contributed by atoms with Crippen molar-refractivity contribution in [2.45, 2.75) is 12.5 Å². The first-order valence-corrected chi connectivity index (χ1v) is 2.28. The number of hydrogen-bond acceptors (Lipinski definition) is 3. The molecule has 0 aromatic rings. The number of carbonyl (C=O) groups is 2. The number of rotatable bonds is 0. The monoisotopic (exact) mass is 132 g/mol. The van der Waals surface area contributed by atoms with Crippen molar-refractivity contribution in [2.75, 3.05) is 7.05 Å². The summed E-state index contributed by atoms with van der Waals surface area (Å²) in [5.74, 6) is -2.43. The molecule has 1 aliphatic rings. The lowest BCUT2D eigenvalue weighted by Crippen LogP contribution is -2.27. The van der Waals surface area contributed by atoms with Crippen LogP contribution in [0.15, 0.2) is 0 Å². The normalized spacial score (nSPS) is 46.4. The second-order valence-corrected chi connectivity index (χ2v) is 1.64. The van der Waals surface area contributed by atoms with Gasteiger partial charge < -0.3 is 5.11 Å². The number of likely N-dealkylation sites (tertiary alicyclic amines) is 1. The van der Waals surface area contributed by atoms with Gasteiger partial charge in [0.1, 0.15) is 6.08 Å². The SMILES string of the molecule is [2H]C1([2H])C(=O)N(C)C(=O)[C@@]1([2H])O. The molecule has 1 aliphatic heterocycles. The van der Waals surface area contributed by atoms with Gasteiger partial charge in [0, 0.05) is 9.79 Å². The van der Waals surface area contributed by atoms with E-state index >= 15 is 0 Å². The van der Waals surface area contributed by atoms with Gasteiger partial charge in [0.25, 0.3) is 5.91 Å². The van der Waals surface area contributed by atoms with Gasteiger partial charge in [-0.05, 0) is 0 Å². The summed E-state index contributed by atoms with van der Waals surface area (Å²) in [7, 11) is 1.02. The Morgan fingerprint density at radius 2 is 2.56 bits per heavy atom. The highest BCUT2D eigenvalue weighted by Gasteiger charge is 2.33.